The summed E-state index contributed by atoms with van der Waals surface area (Å²) in [5.74, 6) is 0.297. The highest BCUT2D eigenvalue weighted by Crippen LogP contribution is 2.29. The van der Waals surface area contributed by atoms with Crippen molar-refractivity contribution in [2.24, 2.45) is 0 Å². The summed E-state index contributed by atoms with van der Waals surface area (Å²) in [5.41, 5.74) is 10.1. The highest BCUT2D eigenvalue weighted by molar-refractivity contribution is 5.77. The molecule has 0 aliphatic carbocycles. The minimum absolute atomic E-state index is 0.297. The molecule has 0 amide bonds. The second-order valence-electron chi connectivity index (χ2n) is 4.00. The van der Waals surface area contributed by atoms with E-state index >= 15 is 0 Å². The number of hydrogen-bond acceptors (Lipinski definition) is 3. The molecule has 3 heteroatoms. The van der Waals surface area contributed by atoms with E-state index in [0.29, 0.717) is 11.4 Å². The molecule has 84 valence electrons. The predicted octanol–water partition coefficient (Wildman–Crippen LogP) is 2.82. The Morgan fingerprint density at radius 3 is 2.53 bits per heavy atom. The van der Waals surface area contributed by atoms with Gasteiger partial charge in [-0.25, -0.2) is 4.98 Å². The van der Waals surface area contributed by atoms with Gasteiger partial charge in [0.25, 0.3) is 0 Å². The lowest BCUT2D eigenvalue weighted by atomic mass is 9.97. The first kappa shape index (κ1) is 11.2. The second kappa shape index (κ2) is 4.26. The van der Waals surface area contributed by atoms with Gasteiger partial charge in [0, 0.05) is 11.3 Å². The van der Waals surface area contributed by atoms with E-state index in [-0.39, 0.29) is 0 Å². The summed E-state index contributed by atoms with van der Waals surface area (Å²) in [6.07, 6.45) is 0. The van der Waals surface area contributed by atoms with Crippen LogP contribution < -0.4 is 5.73 Å². The van der Waals surface area contributed by atoms with Gasteiger partial charge in [0.1, 0.15) is 17.5 Å². The summed E-state index contributed by atoms with van der Waals surface area (Å²) >= 11 is 0. The van der Waals surface area contributed by atoms with E-state index in [1.54, 1.807) is 0 Å². The summed E-state index contributed by atoms with van der Waals surface area (Å²) in [6, 6.07) is 12.0. The van der Waals surface area contributed by atoms with Crippen molar-refractivity contribution in [2.75, 3.05) is 5.73 Å². The number of anilines is 1. The molecule has 0 saturated carbocycles. The number of aryl methyl sites for hydroxylation is 2. The number of pyridine rings is 1. The van der Waals surface area contributed by atoms with Crippen molar-refractivity contribution < 1.29 is 0 Å². The monoisotopic (exact) mass is 223 g/mol. The van der Waals surface area contributed by atoms with Crippen LogP contribution in [0.25, 0.3) is 11.1 Å². The van der Waals surface area contributed by atoms with Crippen molar-refractivity contribution in [2.45, 2.75) is 13.8 Å². The number of rotatable bonds is 1. The second-order valence-corrected chi connectivity index (χ2v) is 4.00. The fraction of sp³-hybridized carbons (Fsp3) is 0.143. The lowest BCUT2D eigenvalue weighted by Gasteiger charge is -2.10. The van der Waals surface area contributed by atoms with Crippen molar-refractivity contribution in [1.82, 2.24) is 4.98 Å². The van der Waals surface area contributed by atoms with Gasteiger partial charge in [-0.3, -0.25) is 0 Å². The molecule has 0 saturated heterocycles. The fourth-order valence-corrected chi connectivity index (χ4v) is 1.90. The van der Waals surface area contributed by atoms with Gasteiger partial charge in [0.15, 0.2) is 0 Å². The van der Waals surface area contributed by atoms with E-state index in [2.05, 4.69) is 11.1 Å². The number of nitrogens with zero attached hydrogens (tertiary/aromatic N) is 2. The molecule has 3 nitrogen and oxygen atoms in total. The molecule has 2 N–H and O–H groups in total. The van der Waals surface area contributed by atoms with Gasteiger partial charge in [-0.1, -0.05) is 24.3 Å². The third-order valence-corrected chi connectivity index (χ3v) is 2.72. The molecule has 0 atom stereocenters. The molecular formula is C14H13N3. The van der Waals surface area contributed by atoms with E-state index < -0.39 is 0 Å². The molecule has 0 spiro atoms. The number of aromatic nitrogens is 1. The van der Waals surface area contributed by atoms with Crippen molar-refractivity contribution in [3.05, 3.63) is 47.2 Å². The molecule has 0 bridgehead atoms. The van der Waals surface area contributed by atoms with Crippen LogP contribution in [0.4, 0.5) is 5.82 Å². The third-order valence-electron chi connectivity index (χ3n) is 2.72. The lowest BCUT2D eigenvalue weighted by molar-refractivity contribution is 1.20. The van der Waals surface area contributed by atoms with Gasteiger partial charge in [-0.05, 0) is 31.0 Å². The Kier molecular flexibility index (Phi) is 2.80. The topological polar surface area (TPSA) is 62.7 Å². The number of nitrogen functional groups attached to an aromatic ring is 1. The van der Waals surface area contributed by atoms with Crippen LogP contribution in [0.5, 0.6) is 0 Å². The van der Waals surface area contributed by atoms with Crippen LogP contribution in [0.1, 0.15) is 16.8 Å². The molecule has 0 fully saturated rings. The molecule has 0 unspecified atom stereocenters. The van der Waals surface area contributed by atoms with Crippen LogP contribution in [0.3, 0.4) is 0 Å². The molecule has 2 aromatic rings. The maximum Gasteiger partial charge on any atom is 0.142 e. The number of benzene rings is 1. The Hall–Kier alpha value is -2.34. The molecular weight excluding hydrogens is 210 g/mol. The number of nitrogens with two attached hydrogens (primary N) is 1. The van der Waals surface area contributed by atoms with Gasteiger partial charge in [-0.2, -0.15) is 5.26 Å². The minimum atomic E-state index is 0.297. The molecule has 2 rings (SSSR count). The summed E-state index contributed by atoms with van der Waals surface area (Å²) < 4.78 is 0. The van der Waals surface area contributed by atoms with Gasteiger partial charge < -0.3 is 5.73 Å². The molecule has 0 radical (unpaired) electrons. The summed E-state index contributed by atoms with van der Waals surface area (Å²) in [5, 5.41) is 9.17. The van der Waals surface area contributed by atoms with Crippen molar-refractivity contribution in [3.63, 3.8) is 0 Å². The Balaban J connectivity index is 2.76. The van der Waals surface area contributed by atoms with Crippen LogP contribution >= 0.6 is 0 Å². The Morgan fingerprint density at radius 2 is 1.88 bits per heavy atom. The van der Waals surface area contributed by atoms with Crippen molar-refractivity contribution in [3.8, 4) is 17.2 Å². The average Bonchev–Trinajstić information content (AvgIpc) is 2.28. The van der Waals surface area contributed by atoms with Crippen LogP contribution in [-0.2, 0) is 0 Å². The summed E-state index contributed by atoms with van der Waals surface area (Å²) in [7, 11) is 0. The molecule has 1 aromatic heterocycles. The normalized spacial score (nSPS) is 9.94. The first-order valence-electron chi connectivity index (χ1n) is 5.36. The maximum absolute atomic E-state index is 9.17. The van der Waals surface area contributed by atoms with Crippen molar-refractivity contribution in [1.29, 1.82) is 5.26 Å². The smallest absolute Gasteiger partial charge is 0.142 e. The molecule has 1 aromatic carbocycles. The van der Waals surface area contributed by atoms with Crippen LogP contribution in [0.15, 0.2) is 30.3 Å². The van der Waals surface area contributed by atoms with Gasteiger partial charge in [0.2, 0.25) is 0 Å². The van der Waals surface area contributed by atoms with Gasteiger partial charge >= 0.3 is 0 Å². The van der Waals surface area contributed by atoms with Crippen LogP contribution in [0.2, 0.25) is 0 Å². The Bertz CT molecular complexity index is 609. The molecule has 0 aliphatic heterocycles. The SMILES string of the molecule is Cc1cc(-c2ccccc2C)c(C#N)c(N)n1. The quantitative estimate of drug-likeness (QED) is 0.808. The van der Waals surface area contributed by atoms with E-state index in [9.17, 15) is 5.26 Å². The van der Waals surface area contributed by atoms with Gasteiger partial charge in [0.05, 0.1) is 0 Å². The summed E-state index contributed by atoms with van der Waals surface area (Å²) in [6.45, 7) is 3.89. The largest absolute Gasteiger partial charge is 0.383 e. The van der Waals surface area contributed by atoms with Gasteiger partial charge in [-0.15, -0.1) is 0 Å². The van der Waals surface area contributed by atoms with Crippen LogP contribution in [0, 0.1) is 25.2 Å². The van der Waals surface area contributed by atoms with E-state index in [1.165, 1.54) is 0 Å². The molecule has 17 heavy (non-hydrogen) atoms. The van der Waals surface area contributed by atoms with Crippen LogP contribution in [-0.4, -0.2) is 4.98 Å². The number of hydrogen-bond donors (Lipinski definition) is 1. The highest BCUT2D eigenvalue weighted by atomic mass is 14.8. The lowest BCUT2D eigenvalue weighted by Crippen LogP contribution is -2.00. The Morgan fingerprint density at radius 1 is 1.18 bits per heavy atom. The zero-order chi connectivity index (χ0) is 12.4. The predicted molar refractivity (Wildman–Crippen MR) is 68.3 cm³/mol. The average molecular weight is 223 g/mol. The minimum Gasteiger partial charge on any atom is -0.383 e. The first-order valence-corrected chi connectivity index (χ1v) is 5.36. The first-order chi connectivity index (χ1) is 8.13. The Labute approximate surface area is 101 Å². The molecule has 0 aliphatic rings. The zero-order valence-electron chi connectivity index (χ0n) is 9.86. The summed E-state index contributed by atoms with van der Waals surface area (Å²) in [4.78, 5) is 4.12. The third kappa shape index (κ3) is 1.98. The van der Waals surface area contributed by atoms with E-state index in [1.807, 2.05) is 44.2 Å². The van der Waals surface area contributed by atoms with E-state index in [0.717, 1.165) is 22.4 Å². The maximum atomic E-state index is 9.17. The highest BCUT2D eigenvalue weighted by Gasteiger charge is 2.11. The zero-order valence-corrected chi connectivity index (χ0v) is 9.86. The number of nitriles is 1. The fourth-order valence-electron chi connectivity index (χ4n) is 1.90. The van der Waals surface area contributed by atoms with E-state index in [4.69, 9.17) is 5.73 Å². The molecule has 1 heterocycles. The standard InChI is InChI=1S/C14H13N3/c1-9-5-3-4-6-11(9)12-7-10(2)17-14(16)13(12)8-15/h3-7H,1-2H3,(H2,16,17). The van der Waals surface area contributed by atoms with Crippen molar-refractivity contribution >= 4 is 5.82 Å².